The number of carbonyl (C=O) groups is 1. The Bertz CT molecular complexity index is 793. The van der Waals surface area contributed by atoms with Gasteiger partial charge in [0.1, 0.15) is 0 Å². The van der Waals surface area contributed by atoms with Gasteiger partial charge in [-0.3, -0.25) is 14.3 Å². The van der Waals surface area contributed by atoms with Crippen LogP contribution in [0.3, 0.4) is 0 Å². The molecule has 4 rings (SSSR count). The fourth-order valence-corrected chi connectivity index (χ4v) is 2.87. The van der Waals surface area contributed by atoms with Crippen molar-refractivity contribution < 1.29 is 9.32 Å². The molecule has 2 unspecified atom stereocenters. The summed E-state index contributed by atoms with van der Waals surface area (Å²) in [5, 5.41) is 7.53. The van der Waals surface area contributed by atoms with E-state index in [2.05, 4.69) is 20.0 Å². The highest BCUT2D eigenvalue weighted by Crippen LogP contribution is 2.47. The largest absolute Gasteiger partial charge is 0.438 e. The zero-order valence-corrected chi connectivity index (χ0v) is 12.4. The molecule has 22 heavy (non-hydrogen) atoms. The minimum atomic E-state index is -0.591. The van der Waals surface area contributed by atoms with Gasteiger partial charge in [-0.25, -0.2) is 4.79 Å². The average Bonchev–Trinajstić information content (AvgIpc) is 3.41. The molecule has 1 aromatic carbocycles. The van der Waals surface area contributed by atoms with Crippen LogP contribution in [0.4, 0.5) is 5.69 Å². The van der Waals surface area contributed by atoms with E-state index < -0.39 is 5.76 Å². The molecule has 0 aliphatic heterocycles. The molecule has 2 N–H and O–H groups in total. The van der Waals surface area contributed by atoms with Crippen LogP contribution in [0.15, 0.2) is 27.5 Å². The molecular weight excluding hydrogens is 306 g/mol. The highest BCUT2D eigenvalue weighted by molar-refractivity contribution is 6.33. The van der Waals surface area contributed by atoms with E-state index >= 15 is 0 Å². The molecule has 1 aromatic heterocycles. The van der Waals surface area contributed by atoms with Crippen molar-refractivity contribution in [2.24, 2.45) is 5.92 Å². The predicted molar refractivity (Wildman–Crippen MR) is 80.4 cm³/mol. The molecule has 114 valence electrons. The summed E-state index contributed by atoms with van der Waals surface area (Å²) in [7, 11) is 0. The third kappa shape index (κ3) is 2.54. The summed E-state index contributed by atoms with van der Waals surface area (Å²) < 4.78 is 4.48. The first-order valence-corrected chi connectivity index (χ1v) is 7.66. The van der Waals surface area contributed by atoms with Crippen LogP contribution in [0.5, 0.6) is 0 Å². The second-order valence-electron chi connectivity index (χ2n) is 5.91. The van der Waals surface area contributed by atoms with Crippen LogP contribution in [-0.2, 0) is 0 Å². The molecular formula is C15H14ClN3O3. The minimum Gasteiger partial charge on any atom is -0.381 e. The third-order valence-electron chi connectivity index (χ3n) is 4.13. The summed E-state index contributed by atoms with van der Waals surface area (Å²) in [6.07, 6.45) is 2.99. The van der Waals surface area contributed by atoms with Crippen molar-refractivity contribution >= 4 is 23.1 Å². The number of hydrogen-bond acceptors (Lipinski definition) is 5. The zero-order chi connectivity index (χ0) is 15.3. The van der Waals surface area contributed by atoms with Crippen molar-refractivity contribution in [2.75, 3.05) is 5.32 Å². The molecule has 0 saturated heterocycles. The van der Waals surface area contributed by atoms with E-state index in [4.69, 9.17) is 11.6 Å². The topological polar surface area (TPSA) is 88.0 Å². The van der Waals surface area contributed by atoms with E-state index in [-0.39, 0.29) is 17.6 Å². The van der Waals surface area contributed by atoms with Crippen LogP contribution in [-0.4, -0.2) is 22.0 Å². The first-order chi connectivity index (χ1) is 10.6. The second kappa shape index (κ2) is 4.98. The highest BCUT2D eigenvalue weighted by atomic mass is 35.5. The van der Waals surface area contributed by atoms with Crippen molar-refractivity contribution in [3.8, 4) is 0 Å². The molecule has 2 saturated carbocycles. The highest BCUT2D eigenvalue weighted by Gasteiger charge is 2.46. The maximum Gasteiger partial charge on any atom is 0.438 e. The summed E-state index contributed by atoms with van der Waals surface area (Å²) in [5.74, 6) is -0.358. The average molecular weight is 320 g/mol. The fraction of sp³-hybridized carbons (Fsp3) is 0.400. The van der Waals surface area contributed by atoms with Crippen molar-refractivity contribution in [3.05, 3.63) is 45.2 Å². The van der Waals surface area contributed by atoms with Gasteiger partial charge in [-0.15, -0.1) is 0 Å². The van der Waals surface area contributed by atoms with Gasteiger partial charge < -0.3 is 5.32 Å². The Hall–Kier alpha value is -2.08. The Kier molecular flexibility index (Phi) is 3.07. The Balaban J connectivity index is 1.49. The molecule has 7 heteroatoms. The number of aromatic nitrogens is 2. The summed E-state index contributed by atoms with van der Waals surface area (Å²) in [5.41, 5.74) is 1.46. The number of benzene rings is 1. The number of ketones is 1. The van der Waals surface area contributed by atoms with Gasteiger partial charge in [0.15, 0.2) is 11.6 Å². The van der Waals surface area contributed by atoms with Crippen molar-refractivity contribution in [1.29, 1.82) is 0 Å². The molecule has 6 nitrogen and oxygen atoms in total. The molecule has 2 fully saturated rings. The number of nitrogens with one attached hydrogen (secondary N) is 2. The van der Waals surface area contributed by atoms with E-state index in [1.807, 2.05) is 6.07 Å². The lowest BCUT2D eigenvalue weighted by atomic mass is 10.1. The lowest BCUT2D eigenvalue weighted by Gasteiger charge is -2.08. The Morgan fingerprint density at radius 3 is 2.86 bits per heavy atom. The predicted octanol–water partition coefficient (Wildman–Crippen LogP) is 2.58. The Morgan fingerprint density at radius 2 is 2.23 bits per heavy atom. The van der Waals surface area contributed by atoms with Gasteiger partial charge in [-0.05, 0) is 37.5 Å². The number of halogens is 1. The second-order valence-corrected chi connectivity index (χ2v) is 6.31. The lowest BCUT2D eigenvalue weighted by Crippen LogP contribution is -2.06. The van der Waals surface area contributed by atoms with E-state index in [0.717, 1.165) is 18.5 Å². The van der Waals surface area contributed by atoms with Gasteiger partial charge in [0.2, 0.25) is 0 Å². The molecule has 2 atom stereocenters. The number of H-pyrrole nitrogens is 1. The number of nitrogens with zero attached hydrogens (tertiary/aromatic N) is 1. The molecule has 0 amide bonds. The standard InChI is InChI=1S/C15H14ClN3O3/c16-11-5-7(1-4-12(11)17-8-2-3-8)13(20)9-6-10(9)14-18-15(21)22-19-14/h1,4-5,8-10,17H,2-3,6H2,(H,18,19,21). The van der Waals surface area contributed by atoms with E-state index in [0.29, 0.717) is 28.9 Å². The van der Waals surface area contributed by atoms with E-state index in [1.165, 1.54) is 0 Å². The molecule has 2 aliphatic carbocycles. The number of hydrogen-bond donors (Lipinski definition) is 2. The van der Waals surface area contributed by atoms with Crippen LogP contribution >= 0.6 is 11.6 Å². The summed E-state index contributed by atoms with van der Waals surface area (Å²) in [6.45, 7) is 0. The third-order valence-corrected chi connectivity index (χ3v) is 4.44. The van der Waals surface area contributed by atoms with Crippen LogP contribution in [0, 0.1) is 5.92 Å². The van der Waals surface area contributed by atoms with Gasteiger partial charge in [-0.2, -0.15) is 0 Å². The number of carbonyl (C=O) groups excluding carboxylic acids is 1. The molecule has 1 heterocycles. The maximum atomic E-state index is 12.5. The summed E-state index contributed by atoms with van der Waals surface area (Å²) in [6, 6.07) is 5.86. The van der Waals surface area contributed by atoms with Gasteiger partial charge in [0, 0.05) is 23.4 Å². The molecule has 0 bridgehead atoms. The normalized spacial score (nSPS) is 23.3. The number of anilines is 1. The number of Topliss-reactive ketones (excluding diaryl/α,β-unsaturated/α-hetero) is 1. The van der Waals surface area contributed by atoms with E-state index in [1.54, 1.807) is 12.1 Å². The molecule has 2 aliphatic rings. The zero-order valence-electron chi connectivity index (χ0n) is 11.6. The lowest BCUT2D eigenvalue weighted by molar-refractivity contribution is 0.0964. The van der Waals surface area contributed by atoms with Gasteiger partial charge in [-0.1, -0.05) is 16.8 Å². The minimum absolute atomic E-state index is 0.0220. The summed E-state index contributed by atoms with van der Waals surface area (Å²) >= 11 is 6.24. The van der Waals surface area contributed by atoms with Gasteiger partial charge in [0.05, 0.1) is 10.7 Å². The maximum absolute atomic E-state index is 12.5. The molecule has 0 radical (unpaired) electrons. The fourth-order valence-electron chi connectivity index (χ4n) is 2.64. The van der Waals surface area contributed by atoms with Crippen molar-refractivity contribution in [2.45, 2.75) is 31.2 Å². The van der Waals surface area contributed by atoms with Crippen LogP contribution in [0.1, 0.15) is 41.4 Å². The molecule has 0 spiro atoms. The SMILES string of the molecule is O=C(c1ccc(NC2CC2)c(Cl)c1)C1CC1c1noc(=O)[nH]1. The van der Waals surface area contributed by atoms with Gasteiger partial charge in [0.25, 0.3) is 0 Å². The summed E-state index contributed by atoms with van der Waals surface area (Å²) in [4.78, 5) is 25.9. The number of rotatable bonds is 5. The van der Waals surface area contributed by atoms with Crippen LogP contribution in [0.2, 0.25) is 5.02 Å². The van der Waals surface area contributed by atoms with Crippen molar-refractivity contribution in [1.82, 2.24) is 10.1 Å². The Morgan fingerprint density at radius 1 is 1.41 bits per heavy atom. The smallest absolute Gasteiger partial charge is 0.381 e. The quantitative estimate of drug-likeness (QED) is 0.827. The monoisotopic (exact) mass is 319 g/mol. The first-order valence-electron chi connectivity index (χ1n) is 7.28. The number of aromatic amines is 1. The van der Waals surface area contributed by atoms with Crippen LogP contribution in [0.25, 0.3) is 0 Å². The Labute approximate surface area is 130 Å². The van der Waals surface area contributed by atoms with Crippen molar-refractivity contribution in [3.63, 3.8) is 0 Å². The molecule has 2 aromatic rings. The first kappa shape index (κ1) is 13.6. The van der Waals surface area contributed by atoms with E-state index in [9.17, 15) is 9.59 Å². The van der Waals surface area contributed by atoms with Crippen LogP contribution < -0.4 is 11.1 Å². The van der Waals surface area contributed by atoms with Gasteiger partial charge >= 0.3 is 5.76 Å².